The number of thioether (sulfide) groups is 1. The lowest BCUT2D eigenvalue weighted by Crippen LogP contribution is -1.85. The first-order valence-corrected chi connectivity index (χ1v) is 6.38. The van der Waals surface area contributed by atoms with E-state index in [2.05, 4.69) is 15.0 Å². The van der Waals surface area contributed by atoms with E-state index in [-0.39, 0.29) is 12.4 Å². The number of aromatic nitrogens is 3. The number of H-pyrrole nitrogens is 1. The van der Waals surface area contributed by atoms with Gasteiger partial charge in [0.1, 0.15) is 0 Å². The highest BCUT2D eigenvalue weighted by Gasteiger charge is 2.02. The second-order valence-electron chi connectivity index (χ2n) is 3.67. The lowest BCUT2D eigenvalue weighted by molar-refractivity contribution is 1.07. The second-order valence-corrected chi connectivity index (χ2v) is 4.63. The Labute approximate surface area is 115 Å². The van der Waals surface area contributed by atoms with Crippen LogP contribution in [0.5, 0.6) is 0 Å². The molecule has 0 spiro atoms. The van der Waals surface area contributed by atoms with Crippen molar-refractivity contribution in [3.8, 4) is 0 Å². The van der Waals surface area contributed by atoms with E-state index in [0.29, 0.717) is 0 Å². The molecule has 1 N–H and O–H groups in total. The number of fused-ring (bicyclic) bond motifs is 1. The molecule has 3 rings (SSSR count). The van der Waals surface area contributed by atoms with Gasteiger partial charge in [0.15, 0.2) is 5.16 Å². The standard InChI is InChI=1S/C13H11N3S.ClH/c1-2-7-12-11(6-1)15-13(16-12)17-9-10-5-3-4-8-14-10;/h1-8H,9H2,(H,15,16);1H. The van der Waals surface area contributed by atoms with Crippen LogP contribution in [0.15, 0.2) is 53.8 Å². The molecule has 18 heavy (non-hydrogen) atoms. The molecule has 0 fully saturated rings. The van der Waals surface area contributed by atoms with Gasteiger partial charge < -0.3 is 4.98 Å². The number of halogens is 1. The molecule has 2 aromatic heterocycles. The topological polar surface area (TPSA) is 41.6 Å². The van der Waals surface area contributed by atoms with Gasteiger partial charge >= 0.3 is 0 Å². The summed E-state index contributed by atoms with van der Waals surface area (Å²) >= 11 is 1.67. The van der Waals surface area contributed by atoms with Crippen LogP contribution in [0.4, 0.5) is 0 Å². The fourth-order valence-electron chi connectivity index (χ4n) is 1.62. The average molecular weight is 278 g/mol. The molecule has 5 heteroatoms. The van der Waals surface area contributed by atoms with Crippen molar-refractivity contribution in [3.63, 3.8) is 0 Å². The summed E-state index contributed by atoms with van der Waals surface area (Å²) in [5, 5.41) is 0.942. The number of aromatic amines is 1. The van der Waals surface area contributed by atoms with Gasteiger partial charge in [-0.25, -0.2) is 4.98 Å². The van der Waals surface area contributed by atoms with Crippen LogP contribution in [-0.2, 0) is 5.75 Å². The van der Waals surface area contributed by atoms with Gasteiger partial charge in [-0.1, -0.05) is 30.0 Å². The monoisotopic (exact) mass is 277 g/mol. The van der Waals surface area contributed by atoms with Crippen LogP contribution in [0.1, 0.15) is 5.69 Å². The third kappa shape index (κ3) is 2.83. The first-order chi connectivity index (χ1) is 8.42. The summed E-state index contributed by atoms with van der Waals surface area (Å²) in [5.41, 5.74) is 3.16. The van der Waals surface area contributed by atoms with Gasteiger partial charge in [0, 0.05) is 11.9 Å². The van der Waals surface area contributed by atoms with Crippen molar-refractivity contribution in [3.05, 3.63) is 54.4 Å². The summed E-state index contributed by atoms with van der Waals surface area (Å²) in [6.07, 6.45) is 1.81. The van der Waals surface area contributed by atoms with Gasteiger partial charge in [-0.2, -0.15) is 0 Å². The van der Waals surface area contributed by atoms with Crippen LogP contribution in [0.25, 0.3) is 11.0 Å². The molecule has 0 saturated carbocycles. The summed E-state index contributed by atoms with van der Waals surface area (Å²) < 4.78 is 0. The minimum atomic E-state index is 0. The number of nitrogens with zero attached hydrogens (tertiary/aromatic N) is 2. The maximum Gasteiger partial charge on any atom is 0.166 e. The molecule has 0 bridgehead atoms. The predicted molar refractivity (Wildman–Crippen MR) is 77.1 cm³/mol. The van der Waals surface area contributed by atoms with Crippen LogP contribution < -0.4 is 0 Å². The predicted octanol–water partition coefficient (Wildman–Crippen LogP) is 3.67. The molecule has 92 valence electrons. The quantitative estimate of drug-likeness (QED) is 0.743. The van der Waals surface area contributed by atoms with Crippen LogP contribution in [0, 0.1) is 0 Å². The molecule has 0 aliphatic carbocycles. The molecule has 1 aromatic carbocycles. The fraction of sp³-hybridized carbons (Fsp3) is 0.0769. The smallest absolute Gasteiger partial charge is 0.166 e. The van der Waals surface area contributed by atoms with Gasteiger partial charge in [0.2, 0.25) is 0 Å². The highest BCUT2D eigenvalue weighted by Crippen LogP contribution is 2.21. The van der Waals surface area contributed by atoms with E-state index < -0.39 is 0 Å². The molecule has 0 aliphatic rings. The third-order valence-electron chi connectivity index (χ3n) is 2.45. The molecule has 0 amide bonds. The van der Waals surface area contributed by atoms with E-state index in [9.17, 15) is 0 Å². The Balaban J connectivity index is 0.00000120. The summed E-state index contributed by atoms with van der Waals surface area (Å²) in [4.78, 5) is 12.1. The van der Waals surface area contributed by atoms with Crippen molar-refractivity contribution in [1.82, 2.24) is 15.0 Å². The molecule has 0 aliphatic heterocycles. The van der Waals surface area contributed by atoms with E-state index in [0.717, 1.165) is 27.6 Å². The Hall–Kier alpha value is -1.52. The molecule has 0 radical (unpaired) electrons. The van der Waals surface area contributed by atoms with Crippen molar-refractivity contribution in [1.29, 1.82) is 0 Å². The van der Waals surface area contributed by atoms with E-state index in [1.165, 1.54) is 0 Å². The highest BCUT2D eigenvalue weighted by molar-refractivity contribution is 7.98. The molecule has 0 saturated heterocycles. The zero-order valence-electron chi connectivity index (χ0n) is 9.54. The molecular formula is C13H12ClN3S. The molecular weight excluding hydrogens is 266 g/mol. The minimum Gasteiger partial charge on any atom is -0.333 e. The largest absolute Gasteiger partial charge is 0.333 e. The van der Waals surface area contributed by atoms with Gasteiger partial charge in [-0.3, -0.25) is 4.98 Å². The van der Waals surface area contributed by atoms with Crippen molar-refractivity contribution in [2.24, 2.45) is 0 Å². The van der Waals surface area contributed by atoms with Crippen LogP contribution >= 0.6 is 24.2 Å². The van der Waals surface area contributed by atoms with Gasteiger partial charge in [0.05, 0.1) is 16.7 Å². The molecule has 2 heterocycles. The lowest BCUT2D eigenvalue weighted by Gasteiger charge is -1.96. The number of pyridine rings is 1. The molecule has 3 nitrogen and oxygen atoms in total. The molecule has 0 unspecified atom stereocenters. The number of nitrogens with one attached hydrogen (secondary N) is 1. The normalized spacial score (nSPS) is 10.2. The van der Waals surface area contributed by atoms with Crippen molar-refractivity contribution in [2.45, 2.75) is 10.9 Å². The van der Waals surface area contributed by atoms with Crippen LogP contribution in [-0.4, -0.2) is 15.0 Å². The number of para-hydroxylation sites is 2. The third-order valence-corrected chi connectivity index (χ3v) is 3.36. The van der Waals surface area contributed by atoms with Crippen molar-refractivity contribution < 1.29 is 0 Å². The molecule has 3 aromatic rings. The Morgan fingerprint density at radius 2 is 1.89 bits per heavy atom. The Morgan fingerprint density at radius 3 is 2.67 bits per heavy atom. The average Bonchev–Trinajstić information content (AvgIpc) is 2.80. The zero-order chi connectivity index (χ0) is 11.5. The minimum absolute atomic E-state index is 0. The maximum absolute atomic E-state index is 4.51. The second kappa shape index (κ2) is 5.89. The summed E-state index contributed by atoms with van der Waals surface area (Å²) in [7, 11) is 0. The fourth-order valence-corrected chi connectivity index (χ4v) is 2.42. The van der Waals surface area contributed by atoms with Crippen LogP contribution in [0.2, 0.25) is 0 Å². The van der Waals surface area contributed by atoms with E-state index in [1.54, 1.807) is 11.8 Å². The number of benzene rings is 1. The van der Waals surface area contributed by atoms with E-state index >= 15 is 0 Å². The van der Waals surface area contributed by atoms with Gasteiger partial charge in [0.25, 0.3) is 0 Å². The highest BCUT2D eigenvalue weighted by atomic mass is 35.5. The summed E-state index contributed by atoms with van der Waals surface area (Å²) in [5.74, 6) is 0.834. The molecule has 0 atom stereocenters. The SMILES string of the molecule is Cl.c1ccc(CSc2nc3ccccc3[nH]2)nc1. The Morgan fingerprint density at radius 1 is 1.06 bits per heavy atom. The first kappa shape index (κ1) is 12.9. The number of hydrogen-bond donors (Lipinski definition) is 1. The Kier molecular flexibility index (Phi) is 4.23. The van der Waals surface area contributed by atoms with E-state index in [4.69, 9.17) is 0 Å². The first-order valence-electron chi connectivity index (χ1n) is 5.39. The van der Waals surface area contributed by atoms with Gasteiger partial charge in [-0.15, -0.1) is 12.4 Å². The zero-order valence-corrected chi connectivity index (χ0v) is 11.2. The summed E-state index contributed by atoms with van der Waals surface area (Å²) in [6, 6.07) is 14.0. The van der Waals surface area contributed by atoms with Crippen LogP contribution in [0.3, 0.4) is 0 Å². The summed E-state index contributed by atoms with van der Waals surface area (Å²) in [6.45, 7) is 0. The Bertz CT molecular complexity index is 591. The van der Waals surface area contributed by atoms with Crippen molar-refractivity contribution in [2.75, 3.05) is 0 Å². The number of hydrogen-bond acceptors (Lipinski definition) is 3. The van der Waals surface area contributed by atoms with Gasteiger partial charge in [-0.05, 0) is 24.3 Å². The van der Waals surface area contributed by atoms with E-state index in [1.807, 2.05) is 48.7 Å². The van der Waals surface area contributed by atoms with Crippen molar-refractivity contribution >= 4 is 35.2 Å². The maximum atomic E-state index is 4.51. The number of rotatable bonds is 3. The lowest BCUT2D eigenvalue weighted by atomic mass is 10.3. The number of imidazole rings is 1.